The Kier molecular flexibility index (Phi) is 2.75. The normalized spacial score (nSPS) is 33.2. The number of benzene rings is 1. The Bertz CT molecular complexity index is 509. The highest BCUT2D eigenvalue weighted by Gasteiger charge is 2.66. The third-order valence-electron chi connectivity index (χ3n) is 5.73. The summed E-state index contributed by atoms with van der Waals surface area (Å²) in [7, 11) is 4.23. The Hall–Kier alpha value is -1.22. The molecule has 1 N–H and O–H groups in total. The molecule has 108 valence electrons. The molecule has 3 atom stereocenters. The maximum Gasteiger partial charge on any atom is 0.0699 e. The highest BCUT2D eigenvalue weighted by atomic mass is 16.5. The molecule has 3 unspecified atom stereocenters. The summed E-state index contributed by atoms with van der Waals surface area (Å²) in [6.45, 7) is 0.963. The van der Waals surface area contributed by atoms with Crippen molar-refractivity contribution < 1.29 is 4.74 Å². The van der Waals surface area contributed by atoms with Gasteiger partial charge in [0.1, 0.15) is 0 Å². The lowest BCUT2D eigenvalue weighted by Gasteiger charge is -2.63. The number of hydrogen-bond acceptors (Lipinski definition) is 3. The van der Waals surface area contributed by atoms with Gasteiger partial charge in [0.2, 0.25) is 0 Å². The molecule has 1 saturated heterocycles. The van der Waals surface area contributed by atoms with E-state index in [0.717, 1.165) is 12.5 Å². The van der Waals surface area contributed by atoms with Crippen molar-refractivity contribution in [3.63, 3.8) is 0 Å². The molecule has 3 fully saturated rings. The highest BCUT2D eigenvalue weighted by Crippen LogP contribution is 2.63. The minimum Gasteiger partial charge on any atom is -0.380 e. The maximum absolute atomic E-state index is 6.00. The van der Waals surface area contributed by atoms with Gasteiger partial charge >= 0.3 is 0 Å². The van der Waals surface area contributed by atoms with Crippen LogP contribution in [0.1, 0.15) is 25.7 Å². The van der Waals surface area contributed by atoms with Gasteiger partial charge in [-0.3, -0.25) is 0 Å². The number of fused-ring (bicyclic) bond motifs is 2. The summed E-state index contributed by atoms with van der Waals surface area (Å²) in [5, 5.41) is 3.87. The van der Waals surface area contributed by atoms with Crippen LogP contribution in [0.3, 0.4) is 0 Å². The van der Waals surface area contributed by atoms with Crippen LogP contribution in [-0.2, 0) is 4.74 Å². The van der Waals surface area contributed by atoms with Gasteiger partial charge in [-0.25, -0.2) is 0 Å². The molecule has 1 aromatic rings. The summed E-state index contributed by atoms with van der Waals surface area (Å²) < 4.78 is 6.00. The van der Waals surface area contributed by atoms with E-state index in [0.29, 0.717) is 17.6 Å². The van der Waals surface area contributed by atoms with E-state index in [-0.39, 0.29) is 0 Å². The lowest BCUT2D eigenvalue weighted by Crippen LogP contribution is -2.68. The Morgan fingerprint density at radius 3 is 2.75 bits per heavy atom. The molecule has 3 nitrogen and oxygen atoms in total. The molecule has 1 aromatic carbocycles. The van der Waals surface area contributed by atoms with Crippen LogP contribution in [0.4, 0.5) is 11.4 Å². The third kappa shape index (κ3) is 1.56. The van der Waals surface area contributed by atoms with Gasteiger partial charge < -0.3 is 15.0 Å². The lowest BCUT2D eigenvalue weighted by atomic mass is 9.46. The monoisotopic (exact) mass is 272 g/mol. The Balaban J connectivity index is 1.60. The summed E-state index contributed by atoms with van der Waals surface area (Å²) in [5.41, 5.74) is 3.00. The van der Waals surface area contributed by atoms with Crippen molar-refractivity contribution in [1.82, 2.24) is 0 Å². The van der Waals surface area contributed by atoms with Crippen LogP contribution in [0.2, 0.25) is 0 Å². The molecule has 1 heterocycles. The highest BCUT2D eigenvalue weighted by molar-refractivity contribution is 5.70. The van der Waals surface area contributed by atoms with Crippen LogP contribution in [0, 0.1) is 11.3 Å². The van der Waals surface area contributed by atoms with E-state index in [1.807, 2.05) is 0 Å². The molecule has 20 heavy (non-hydrogen) atoms. The minimum atomic E-state index is 0.445. The molecule has 4 rings (SSSR count). The number of anilines is 2. The number of hydrogen-bond donors (Lipinski definition) is 1. The number of para-hydroxylation sites is 2. The van der Waals surface area contributed by atoms with E-state index >= 15 is 0 Å². The standard InChI is InChI=1S/C17H24N2O/c1-19(2)14-7-4-3-6-13(14)18-15-12-8-11-20-16(12)17(15)9-5-10-17/h3-4,6-7,12,15-16,18H,5,8-11H2,1-2H3. The lowest BCUT2D eigenvalue weighted by molar-refractivity contribution is -0.158. The zero-order valence-corrected chi connectivity index (χ0v) is 12.4. The first-order valence-corrected chi connectivity index (χ1v) is 7.87. The molecule has 0 bridgehead atoms. The van der Waals surface area contributed by atoms with Crippen LogP contribution >= 0.6 is 0 Å². The van der Waals surface area contributed by atoms with Crippen LogP contribution < -0.4 is 10.2 Å². The van der Waals surface area contributed by atoms with Crippen LogP contribution in [-0.4, -0.2) is 32.8 Å². The summed E-state index contributed by atoms with van der Waals surface area (Å²) in [6.07, 6.45) is 5.83. The third-order valence-corrected chi connectivity index (χ3v) is 5.73. The topological polar surface area (TPSA) is 24.5 Å². The molecule has 2 saturated carbocycles. The van der Waals surface area contributed by atoms with Crippen LogP contribution in [0.5, 0.6) is 0 Å². The molecule has 1 aliphatic heterocycles. The molecule has 0 radical (unpaired) electrons. The quantitative estimate of drug-likeness (QED) is 0.915. The van der Waals surface area contributed by atoms with E-state index in [9.17, 15) is 0 Å². The van der Waals surface area contributed by atoms with Crippen molar-refractivity contribution in [2.45, 2.75) is 37.8 Å². The Labute approximate surface area is 121 Å². The second-order valence-corrected chi connectivity index (χ2v) is 6.86. The maximum atomic E-state index is 6.00. The second-order valence-electron chi connectivity index (χ2n) is 6.86. The van der Waals surface area contributed by atoms with Gasteiger partial charge in [-0.05, 0) is 31.4 Å². The second kappa shape index (κ2) is 4.39. The van der Waals surface area contributed by atoms with E-state index in [1.165, 1.54) is 37.1 Å². The zero-order chi connectivity index (χ0) is 13.7. The summed E-state index contributed by atoms with van der Waals surface area (Å²) in [6, 6.07) is 9.26. The number of nitrogens with zero attached hydrogens (tertiary/aromatic N) is 1. The number of nitrogens with one attached hydrogen (secondary N) is 1. The van der Waals surface area contributed by atoms with Gasteiger partial charge in [-0.15, -0.1) is 0 Å². The average Bonchev–Trinajstić information content (AvgIpc) is 2.80. The van der Waals surface area contributed by atoms with Gasteiger partial charge in [-0.2, -0.15) is 0 Å². The van der Waals surface area contributed by atoms with Crippen molar-refractivity contribution in [3.8, 4) is 0 Å². The Morgan fingerprint density at radius 1 is 1.25 bits per heavy atom. The predicted molar refractivity (Wildman–Crippen MR) is 82.3 cm³/mol. The molecule has 3 aliphatic rings. The first kappa shape index (κ1) is 12.5. The molecule has 2 aliphatic carbocycles. The molecular formula is C17H24N2O. The van der Waals surface area contributed by atoms with Gasteiger partial charge in [0.25, 0.3) is 0 Å². The summed E-state index contributed by atoms with van der Waals surface area (Å²) in [5.74, 6) is 0.727. The fourth-order valence-corrected chi connectivity index (χ4v) is 4.61. The van der Waals surface area contributed by atoms with Crippen molar-refractivity contribution in [2.24, 2.45) is 11.3 Å². The molecule has 0 aromatic heterocycles. The number of ether oxygens (including phenoxy) is 1. The fourth-order valence-electron chi connectivity index (χ4n) is 4.61. The van der Waals surface area contributed by atoms with Crippen molar-refractivity contribution >= 4 is 11.4 Å². The van der Waals surface area contributed by atoms with E-state index in [4.69, 9.17) is 4.74 Å². The predicted octanol–water partition coefficient (Wildman–Crippen LogP) is 3.12. The van der Waals surface area contributed by atoms with Crippen molar-refractivity contribution in [3.05, 3.63) is 24.3 Å². The molecule has 3 heteroatoms. The van der Waals surface area contributed by atoms with Gasteiger partial charge in [0.05, 0.1) is 17.5 Å². The molecular weight excluding hydrogens is 248 g/mol. The largest absolute Gasteiger partial charge is 0.380 e. The molecule has 0 amide bonds. The zero-order valence-electron chi connectivity index (χ0n) is 12.4. The van der Waals surface area contributed by atoms with Crippen molar-refractivity contribution in [2.75, 3.05) is 30.9 Å². The molecule has 1 spiro atoms. The van der Waals surface area contributed by atoms with Gasteiger partial charge in [0.15, 0.2) is 0 Å². The van der Waals surface area contributed by atoms with Gasteiger partial charge in [0, 0.05) is 38.1 Å². The SMILES string of the molecule is CN(C)c1ccccc1NC1C2CCOC2C12CCC2. The average molecular weight is 272 g/mol. The smallest absolute Gasteiger partial charge is 0.0699 e. The number of rotatable bonds is 3. The van der Waals surface area contributed by atoms with Crippen molar-refractivity contribution in [1.29, 1.82) is 0 Å². The minimum absolute atomic E-state index is 0.445. The van der Waals surface area contributed by atoms with Gasteiger partial charge in [-0.1, -0.05) is 18.6 Å². The fraction of sp³-hybridized carbons (Fsp3) is 0.647. The van der Waals surface area contributed by atoms with E-state index in [1.54, 1.807) is 0 Å². The van der Waals surface area contributed by atoms with Crippen LogP contribution in [0.25, 0.3) is 0 Å². The first-order valence-electron chi connectivity index (χ1n) is 7.87. The Morgan fingerprint density at radius 2 is 2.05 bits per heavy atom. The van der Waals surface area contributed by atoms with Crippen LogP contribution in [0.15, 0.2) is 24.3 Å². The summed E-state index contributed by atoms with van der Waals surface area (Å²) >= 11 is 0. The summed E-state index contributed by atoms with van der Waals surface area (Å²) in [4.78, 5) is 2.19. The van der Waals surface area contributed by atoms with E-state index in [2.05, 4.69) is 48.6 Å². The first-order chi connectivity index (χ1) is 9.72. The van der Waals surface area contributed by atoms with E-state index < -0.39 is 0 Å².